The lowest BCUT2D eigenvalue weighted by Crippen LogP contribution is -1.80. The van der Waals surface area contributed by atoms with Gasteiger partial charge >= 0.3 is 0 Å². The predicted molar refractivity (Wildman–Crippen MR) is 55.8 cm³/mol. The highest BCUT2D eigenvalue weighted by Gasteiger charge is 2.01. The van der Waals surface area contributed by atoms with Gasteiger partial charge in [-0.3, -0.25) is 0 Å². The third-order valence-corrected chi connectivity index (χ3v) is 2.34. The molecule has 0 N–H and O–H groups in total. The maximum atomic E-state index is 5.98. The summed E-state index contributed by atoms with van der Waals surface area (Å²) in [5.74, 6) is 0. The van der Waals surface area contributed by atoms with Crippen LogP contribution in [0.15, 0.2) is 24.3 Å². The highest BCUT2D eigenvalue weighted by molar-refractivity contribution is 6.35. The molecule has 0 aliphatic rings. The molecule has 0 nitrogen and oxygen atoms in total. The first-order valence-corrected chi connectivity index (χ1v) is 4.49. The van der Waals surface area contributed by atoms with Gasteiger partial charge in [-0.2, -0.15) is 0 Å². The maximum Gasteiger partial charge on any atom is 0.0495 e. The van der Waals surface area contributed by atoms with Crippen LogP contribution in [-0.2, 0) is 0 Å². The smallest absolute Gasteiger partial charge is 0.0495 e. The Morgan fingerprint density at radius 2 is 2.00 bits per heavy atom. The first-order chi connectivity index (χ1) is 5.65. The largest absolute Gasteiger partial charge is 0.0843 e. The van der Waals surface area contributed by atoms with Crippen LogP contribution in [-0.4, -0.2) is 0 Å². The van der Waals surface area contributed by atoms with Crippen LogP contribution in [0.1, 0.15) is 19.4 Å². The predicted octanol–water partition coefficient (Wildman–Crippen LogP) is 4.42. The van der Waals surface area contributed by atoms with Gasteiger partial charge in [0.2, 0.25) is 0 Å². The molecule has 0 atom stereocenters. The highest BCUT2D eigenvalue weighted by atomic mass is 35.5. The summed E-state index contributed by atoms with van der Waals surface area (Å²) in [6.07, 6.45) is 2.02. The molecule has 2 heteroatoms. The Labute approximate surface area is 82.8 Å². The van der Waals surface area contributed by atoms with Crippen LogP contribution in [0.4, 0.5) is 0 Å². The van der Waals surface area contributed by atoms with E-state index in [4.69, 9.17) is 23.2 Å². The average molecular weight is 201 g/mol. The van der Waals surface area contributed by atoms with E-state index in [1.165, 1.54) is 0 Å². The van der Waals surface area contributed by atoms with Gasteiger partial charge in [0, 0.05) is 10.0 Å². The second kappa shape index (κ2) is 3.97. The van der Waals surface area contributed by atoms with Crippen molar-refractivity contribution in [3.05, 3.63) is 39.9 Å². The van der Waals surface area contributed by atoms with E-state index in [9.17, 15) is 0 Å². The van der Waals surface area contributed by atoms with Gasteiger partial charge in [-0.15, -0.1) is 0 Å². The Bertz CT molecular complexity index is 314. The summed E-state index contributed by atoms with van der Waals surface area (Å²) in [5, 5.41) is 1.38. The van der Waals surface area contributed by atoms with Crippen LogP contribution in [0.2, 0.25) is 10.0 Å². The zero-order chi connectivity index (χ0) is 9.14. The molecule has 0 saturated carbocycles. The number of rotatable bonds is 1. The Kier molecular flexibility index (Phi) is 3.19. The van der Waals surface area contributed by atoms with Gasteiger partial charge in [-0.25, -0.2) is 0 Å². The minimum Gasteiger partial charge on any atom is -0.0843 e. The fourth-order valence-electron chi connectivity index (χ4n) is 0.965. The standard InChI is InChI=1S/C10H10Cl2/c1-3-7(2)9-5-4-8(11)6-10(9)12/h3-6H,1-2H3/b7-3+. The van der Waals surface area contributed by atoms with E-state index < -0.39 is 0 Å². The molecule has 12 heavy (non-hydrogen) atoms. The molecule has 1 aromatic carbocycles. The van der Waals surface area contributed by atoms with E-state index in [0.717, 1.165) is 11.1 Å². The van der Waals surface area contributed by atoms with Crippen molar-refractivity contribution in [1.29, 1.82) is 0 Å². The van der Waals surface area contributed by atoms with E-state index in [2.05, 4.69) is 0 Å². The number of allylic oxidation sites excluding steroid dienone is 2. The second-order valence-electron chi connectivity index (χ2n) is 2.60. The van der Waals surface area contributed by atoms with E-state index in [1.807, 2.05) is 32.1 Å². The van der Waals surface area contributed by atoms with Gasteiger partial charge in [0.1, 0.15) is 0 Å². The SMILES string of the molecule is C/C=C(\C)c1ccc(Cl)cc1Cl. The molecule has 0 amide bonds. The molecule has 0 spiro atoms. The van der Waals surface area contributed by atoms with Crippen LogP contribution < -0.4 is 0 Å². The zero-order valence-electron chi connectivity index (χ0n) is 7.07. The van der Waals surface area contributed by atoms with Gasteiger partial charge < -0.3 is 0 Å². The minimum absolute atomic E-state index is 0.674. The molecule has 0 aromatic heterocycles. The third-order valence-electron chi connectivity index (χ3n) is 1.79. The molecule has 1 aromatic rings. The molecule has 0 unspecified atom stereocenters. The fraction of sp³-hybridized carbons (Fsp3) is 0.200. The van der Waals surface area contributed by atoms with E-state index in [-0.39, 0.29) is 0 Å². The van der Waals surface area contributed by atoms with Crippen molar-refractivity contribution in [2.45, 2.75) is 13.8 Å². The molecule has 1 rings (SSSR count). The highest BCUT2D eigenvalue weighted by Crippen LogP contribution is 2.26. The van der Waals surface area contributed by atoms with Gasteiger partial charge in [0.15, 0.2) is 0 Å². The minimum atomic E-state index is 0.674. The molecule has 0 fully saturated rings. The first-order valence-electron chi connectivity index (χ1n) is 3.73. The van der Waals surface area contributed by atoms with Gasteiger partial charge in [0.05, 0.1) is 0 Å². The Balaban J connectivity index is 3.18. The van der Waals surface area contributed by atoms with Crippen LogP contribution >= 0.6 is 23.2 Å². The zero-order valence-corrected chi connectivity index (χ0v) is 8.58. The van der Waals surface area contributed by atoms with Gasteiger partial charge in [0.25, 0.3) is 0 Å². The number of hydrogen-bond acceptors (Lipinski definition) is 0. The van der Waals surface area contributed by atoms with Crippen molar-refractivity contribution >= 4 is 28.8 Å². The van der Waals surface area contributed by atoms with Crippen LogP contribution in [0.3, 0.4) is 0 Å². The Morgan fingerprint density at radius 3 is 2.50 bits per heavy atom. The molecule has 0 bridgehead atoms. The van der Waals surface area contributed by atoms with Crippen LogP contribution in [0, 0.1) is 0 Å². The van der Waals surface area contributed by atoms with Crippen LogP contribution in [0.5, 0.6) is 0 Å². The maximum absolute atomic E-state index is 5.98. The molecular weight excluding hydrogens is 191 g/mol. The topological polar surface area (TPSA) is 0 Å². The lowest BCUT2D eigenvalue weighted by molar-refractivity contribution is 1.54. The van der Waals surface area contributed by atoms with E-state index in [1.54, 1.807) is 6.07 Å². The summed E-state index contributed by atoms with van der Waals surface area (Å²) in [4.78, 5) is 0. The summed E-state index contributed by atoms with van der Waals surface area (Å²) in [5.41, 5.74) is 2.21. The van der Waals surface area contributed by atoms with Crippen LogP contribution in [0.25, 0.3) is 5.57 Å². The molecule has 0 aliphatic heterocycles. The Hall–Kier alpha value is -0.460. The van der Waals surface area contributed by atoms with Crippen molar-refractivity contribution in [2.24, 2.45) is 0 Å². The lowest BCUT2D eigenvalue weighted by atomic mass is 10.1. The quantitative estimate of drug-likeness (QED) is 0.630. The molecule has 0 radical (unpaired) electrons. The monoisotopic (exact) mass is 200 g/mol. The number of hydrogen-bond donors (Lipinski definition) is 0. The second-order valence-corrected chi connectivity index (χ2v) is 3.44. The molecule has 64 valence electrons. The summed E-state index contributed by atoms with van der Waals surface area (Å²) in [6.45, 7) is 4.01. The molecule has 0 heterocycles. The summed E-state index contributed by atoms with van der Waals surface area (Å²) < 4.78 is 0. The van der Waals surface area contributed by atoms with E-state index >= 15 is 0 Å². The van der Waals surface area contributed by atoms with E-state index in [0.29, 0.717) is 10.0 Å². The van der Waals surface area contributed by atoms with Crippen molar-refractivity contribution < 1.29 is 0 Å². The van der Waals surface area contributed by atoms with Gasteiger partial charge in [-0.1, -0.05) is 35.3 Å². The first kappa shape index (κ1) is 9.63. The summed E-state index contributed by atoms with van der Waals surface area (Å²) in [6, 6.07) is 5.53. The Morgan fingerprint density at radius 1 is 1.33 bits per heavy atom. The number of benzene rings is 1. The molecule has 0 aliphatic carbocycles. The van der Waals surface area contributed by atoms with Crippen molar-refractivity contribution in [3.8, 4) is 0 Å². The average Bonchev–Trinajstić information content (AvgIpc) is 2.03. The lowest BCUT2D eigenvalue weighted by Gasteiger charge is -2.03. The third kappa shape index (κ3) is 2.02. The molecule has 0 saturated heterocycles. The van der Waals surface area contributed by atoms with Crippen molar-refractivity contribution in [3.63, 3.8) is 0 Å². The van der Waals surface area contributed by atoms with Crippen molar-refractivity contribution in [1.82, 2.24) is 0 Å². The number of halogens is 2. The van der Waals surface area contributed by atoms with Gasteiger partial charge in [-0.05, 0) is 37.1 Å². The van der Waals surface area contributed by atoms with Crippen molar-refractivity contribution in [2.75, 3.05) is 0 Å². The fourth-order valence-corrected chi connectivity index (χ4v) is 1.52. The normalized spacial score (nSPS) is 11.8. The summed E-state index contributed by atoms with van der Waals surface area (Å²) >= 11 is 11.7. The summed E-state index contributed by atoms with van der Waals surface area (Å²) in [7, 11) is 0. The molecular formula is C10H10Cl2.